The van der Waals surface area contributed by atoms with Crippen LogP contribution in [0.15, 0.2) is 36.5 Å². The largest absolute Gasteiger partial charge is 0.462 e. The van der Waals surface area contributed by atoms with Crippen molar-refractivity contribution in [2.24, 2.45) is 0 Å². The third-order valence-corrected chi connectivity index (χ3v) is 12.6. The Morgan fingerprint density at radius 3 is 0.862 bits per heavy atom. The number of esters is 3. The van der Waals surface area contributed by atoms with Gasteiger partial charge in [-0.15, -0.1) is 0 Å². The first-order chi connectivity index (χ1) is 32.0. The van der Waals surface area contributed by atoms with Gasteiger partial charge >= 0.3 is 17.9 Å². The molecule has 1 unspecified atom stereocenters. The SMILES string of the molecule is CCCCCCC/C=C\C/C=C\C/C=C\CCCCCCCCC(=O)OCC(COC(=O)CCCCCCCCCCC)OC(=O)CCCCCCCCCCCCCCCCCCC. The molecule has 6 heteroatoms. The molecule has 0 aromatic heterocycles. The van der Waals surface area contributed by atoms with Gasteiger partial charge in [-0.05, 0) is 57.8 Å². The van der Waals surface area contributed by atoms with Crippen LogP contribution in [-0.4, -0.2) is 37.2 Å². The van der Waals surface area contributed by atoms with Crippen molar-refractivity contribution in [3.8, 4) is 0 Å². The Kier molecular flexibility index (Phi) is 52.3. The van der Waals surface area contributed by atoms with Gasteiger partial charge in [-0.25, -0.2) is 0 Å². The summed E-state index contributed by atoms with van der Waals surface area (Å²) in [5, 5.41) is 0. The van der Waals surface area contributed by atoms with E-state index in [1.165, 1.54) is 186 Å². The molecule has 0 amide bonds. The quantitative estimate of drug-likeness (QED) is 0.0262. The lowest BCUT2D eigenvalue weighted by atomic mass is 10.0. The van der Waals surface area contributed by atoms with Crippen LogP contribution in [-0.2, 0) is 28.6 Å². The highest BCUT2D eigenvalue weighted by molar-refractivity contribution is 5.71. The van der Waals surface area contributed by atoms with E-state index in [4.69, 9.17) is 14.2 Å². The molecule has 0 N–H and O–H groups in total. The van der Waals surface area contributed by atoms with E-state index in [9.17, 15) is 14.4 Å². The molecule has 1 atom stereocenters. The number of hydrogen-bond donors (Lipinski definition) is 0. The van der Waals surface area contributed by atoms with E-state index in [0.717, 1.165) is 77.0 Å². The highest BCUT2D eigenvalue weighted by Gasteiger charge is 2.19. The summed E-state index contributed by atoms with van der Waals surface area (Å²) in [6.07, 6.45) is 64.2. The molecule has 6 nitrogen and oxygen atoms in total. The first-order valence-corrected chi connectivity index (χ1v) is 28.5. The first kappa shape index (κ1) is 62.6. The van der Waals surface area contributed by atoms with Crippen LogP contribution in [0, 0.1) is 0 Å². The van der Waals surface area contributed by atoms with Gasteiger partial charge in [-0.3, -0.25) is 14.4 Å². The predicted molar refractivity (Wildman–Crippen MR) is 279 cm³/mol. The fraction of sp³-hybridized carbons (Fsp3) is 0.847. The third-order valence-electron chi connectivity index (χ3n) is 12.6. The lowest BCUT2D eigenvalue weighted by Gasteiger charge is -2.18. The van der Waals surface area contributed by atoms with Gasteiger partial charge in [0.1, 0.15) is 13.2 Å². The van der Waals surface area contributed by atoms with Gasteiger partial charge in [0.15, 0.2) is 6.10 Å². The Morgan fingerprint density at radius 1 is 0.308 bits per heavy atom. The molecule has 0 aliphatic heterocycles. The maximum absolute atomic E-state index is 12.8. The summed E-state index contributed by atoms with van der Waals surface area (Å²) < 4.78 is 16.8. The maximum Gasteiger partial charge on any atom is 0.306 e. The molecular weight excluding hydrogens is 805 g/mol. The second-order valence-electron chi connectivity index (χ2n) is 19.2. The number of unbranched alkanes of at least 4 members (excludes halogenated alkanes) is 35. The van der Waals surface area contributed by atoms with E-state index in [1.807, 2.05) is 0 Å². The lowest BCUT2D eigenvalue weighted by Crippen LogP contribution is -2.30. The van der Waals surface area contributed by atoms with E-state index in [1.54, 1.807) is 0 Å². The Bertz CT molecular complexity index is 1090. The maximum atomic E-state index is 12.8. The fourth-order valence-electron chi connectivity index (χ4n) is 8.33. The van der Waals surface area contributed by atoms with Gasteiger partial charge in [0, 0.05) is 19.3 Å². The van der Waals surface area contributed by atoms with Crippen LogP contribution in [0.1, 0.15) is 303 Å². The topological polar surface area (TPSA) is 78.9 Å². The molecule has 0 saturated carbocycles. The number of hydrogen-bond acceptors (Lipinski definition) is 6. The van der Waals surface area contributed by atoms with Gasteiger partial charge in [0.05, 0.1) is 0 Å². The second-order valence-corrected chi connectivity index (χ2v) is 19.2. The summed E-state index contributed by atoms with van der Waals surface area (Å²) in [5.74, 6) is -0.872. The van der Waals surface area contributed by atoms with Crippen molar-refractivity contribution in [3.05, 3.63) is 36.5 Å². The number of carbonyl (C=O) groups excluding carboxylic acids is 3. The van der Waals surface area contributed by atoms with Crippen molar-refractivity contribution in [3.63, 3.8) is 0 Å². The standard InChI is InChI=1S/C59H108O6/c1-4-7-10-13-16-19-21-23-25-27-28-29-30-32-33-35-37-40-43-46-49-52-58(61)64-55-56(54-63-57(60)51-48-45-42-39-18-15-12-9-6-3)65-59(62)53-50-47-44-41-38-36-34-31-26-24-22-20-17-14-11-8-5-2/h21,23,27-28,30,32,56H,4-20,22,24-26,29,31,33-55H2,1-3H3/b23-21-,28-27-,32-30-. The highest BCUT2D eigenvalue weighted by atomic mass is 16.6. The zero-order valence-corrected chi connectivity index (χ0v) is 43.5. The number of ether oxygens (including phenoxy) is 3. The van der Waals surface area contributed by atoms with Crippen molar-refractivity contribution >= 4 is 17.9 Å². The summed E-state index contributed by atoms with van der Waals surface area (Å²) in [4.78, 5) is 38.0. The Labute approximate surface area is 404 Å². The van der Waals surface area contributed by atoms with Crippen molar-refractivity contribution in [1.29, 1.82) is 0 Å². The average molecular weight is 914 g/mol. The lowest BCUT2D eigenvalue weighted by molar-refractivity contribution is -0.167. The van der Waals surface area contributed by atoms with E-state index >= 15 is 0 Å². The third kappa shape index (κ3) is 52.5. The van der Waals surface area contributed by atoms with Crippen LogP contribution in [0.25, 0.3) is 0 Å². The van der Waals surface area contributed by atoms with E-state index < -0.39 is 6.10 Å². The molecule has 0 aromatic rings. The molecule has 0 radical (unpaired) electrons. The monoisotopic (exact) mass is 913 g/mol. The van der Waals surface area contributed by atoms with E-state index in [2.05, 4.69) is 57.2 Å². The van der Waals surface area contributed by atoms with Crippen molar-refractivity contribution < 1.29 is 28.6 Å². The molecule has 0 saturated heterocycles. The minimum atomic E-state index is -0.772. The molecule has 0 heterocycles. The minimum absolute atomic E-state index is 0.0722. The van der Waals surface area contributed by atoms with Gasteiger partial charge in [-0.1, -0.05) is 263 Å². The first-order valence-electron chi connectivity index (χ1n) is 28.5. The number of rotatable bonds is 52. The zero-order valence-electron chi connectivity index (χ0n) is 43.5. The summed E-state index contributed by atoms with van der Waals surface area (Å²) in [6, 6.07) is 0. The van der Waals surface area contributed by atoms with Crippen LogP contribution in [0.4, 0.5) is 0 Å². The average Bonchev–Trinajstić information content (AvgIpc) is 3.30. The summed E-state index contributed by atoms with van der Waals surface area (Å²) in [5.41, 5.74) is 0. The molecule has 0 fully saturated rings. The molecular formula is C59H108O6. The van der Waals surface area contributed by atoms with E-state index in [0.29, 0.717) is 19.3 Å². The smallest absolute Gasteiger partial charge is 0.306 e. The van der Waals surface area contributed by atoms with Crippen LogP contribution in [0.3, 0.4) is 0 Å². The molecule has 65 heavy (non-hydrogen) atoms. The molecule has 0 aliphatic carbocycles. The van der Waals surface area contributed by atoms with Gasteiger partial charge in [-0.2, -0.15) is 0 Å². The summed E-state index contributed by atoms with van der Waals surface area (Å²) in [6.45, 7) is 6.63. The van der Waals surface area contributed by atoms with Crippen LogP contribution < -0.4 is 0 Å². The van der Waals surface area contributed by atoms with Crippen LogP contribution in [0.5, 0.6) is 0 Å². The van der Waals surface area contributed by atoms with Crippen LogP contribution >= 0.6 is 0 Å². The Balaban J connectivity index is 4.27. The highest BCUT2D eigenvalue weighted by Crippen LogP contribution is 2.16. The second kappa shape index (κ2) is 54.2. The van der Waals surface area contributed by atoms with Crippen molar-refractivity contribution in [2.75, 3.05) is 13.2 Å². The normalized spacial score (nSPS) is 12.2. The minimum Gasteiger partial charge on any atom is -0.462 e. The molecule has 0 aliphatic rings. The van der Waals surface area contributed by atoms with Gasteiger partial charge in [0.2, 0.25) is 0 Å². The van der Waals surface area contributed by atoms with Gasteiger partial charge < -0.3 is 14.2 Å². The number of carbonyl (C=O) groups is 3. The molecule has 0 spiro atoms. The molecule has 0 bridgehead atoms. The van der Waals surface area contributed by atoms with Gasteiger partial charge in [0.25, 0.3) is 0 Å². The molecule has 0 rings (SSSR count). The Morgan fingerprint density at radius 2 is 0.554 bits per heavy atom. The summed E-state index contributed by atoms with van der Waals surface area (Å²) >= 11 is 0. The van der Waals surface area contributed by atoms with Crippen molar-refractivity contribution in [2.45, 2.75) is 309 Å². The predicted octanol–water partition coefficient (Wildman–Crippen LogP) is 18.9. The molecule has 380 valence electrons. The number of allylic oxidation sites excluding steroid dienone is 6. The Hall–Kier alpha value is -2.37. The van der Waals surface area contributed by atoms with Crippen molar-refractivity contribution in [1.82, 2.24) is 0 Å². The molecule has 0 aromatic carbocycles. The summed E-state index contributed by atoms with van der Waals surface area (Å²) in [7, 11) is 0. The fourth-order valence-corrected chi connectivity index (χ4v) is 8.33. The van der Waals surface area contributed by atoms with Crippen LogP contribution in [0.2, 0.25) is 0 Å². The zero-order chi connectivity index (χ0) is 47.2. The van der Waals surface area contributed by atoms with E-state index in [-0.39, 0.29) is 31.1 Å².